The molecule has 0 bridgehead atoms. The van der Waals surface area contributed by atoms with Gasteiger partial charge in [-0.15, -0.1) is 4.98 Å². The van der Waals surface area contributed by atoms with Gasteiger partial charge in [-0.1, -0.05) is 0 Å². The molecule has 4 heterocycles. The van der Waals surface area contributed by atoms with Crippen LogP contribution in [-0.4, -0.2) is 111 Å². The Balaban J connectivity index is 1.42. The van der Waals surface area contributed by atoms with E-state index in [9.17, 15) is 20.4 Å². The van der Waals surface area contributed by atoms with E-state index < -0.39 is 37.3 Å². The predicted molar refractivity (Wildman–Crippen MR) is 130 cm³/mol. The first-order valence-corrected chi connectivity index (χ1v) is 12.3. The van der Waals surface area contributed by atoms with E-state index in [0.29, 0.717) is 53.4 Å². The third kappa shape index (κ3) is 5.16. The zero-order valence-corrected chi connectivity index (χ0v) is 21.2. The van der Waals surface area contributed by atoms with Crippen molar-refractivity contribution in [3.8, 4) is 23.5 Å². The fraction of sp³-hybridized carbons (Fsp3) is 0.500. The SMILES string of the molecule is COc1nc(Oc2ccc3[nH]cc(O[C@@H]4O[C@H](CO)[C@@H](O)[C@H](O)[C@H]4O)c3c2Br)nc(N2CCOCC2)n1. The second kappa shape index (κ2) is 10.9. The van der Waals surface area contributed by atoms with Crippen LogP contribution in [0.3, 0.4) is 0 Å². The molecule has 3 aromatic rings. The number of morpholine rings is 1. The maximum atomic E-state index is 10.4. The molecule has 37 heavy (non-hydrogen) atoms. The number of H-pyrrole nitrogens is 1. The molecule has 15 heteroatoms. The lowest BCUT2D eigenvalue weighted by Gasteiger charge is -2.39. The molecule has 5 atom stereocenters. The zero-order chi connectivity index (χ0) is 26.1. The van der Waals surface area contributed by atoms with E-state index in [2.05, 4.69) is 35.9 Å². The number of anilines is 1. The number of aromatic nitrogens is 4. The van der Waals surface area contributed by atoms with Crippen molar-refractivity contribution in [2.45, 2.75) is 30.7 Å². The summed E-state index contributed by atoms with van der Waals surface area (Å²) in [6.07, 6.45) is -5.52. The van der Waals surface area contributed by atoms with E-state index in [1.807, 2.05) is 4.90 Å². The first kappa shape index (κ1) is 25.8. The standard InChI is InChI=1S/C22H26BrN5O9/c1-33-21-25-20(28-4-6-34-7-5-28)26-22(27-21)37-11-3-2-10-14(15(11)23)12(8-24-10)35-19-18(32)17(31)16(30)13(9-29)36-19/h2-3,8,13,16-19,24,29-32H,4-7,9H2,1H3/t13-,16-,17+,18-,19-/m1/s1. The lowest BCUT2D eigenvalue weighted by molar-refractivity contribution is -0.277. The Hall–Kier alpha value is -2.79. The highest BCUT2D eigenvalue weighted by molar-refractivity contribution is 9.10. The van der Waals surface area contributed by atoms with Crippen LogP contribution < -0.4 is 19.1 Å². The number of aliphatic hydroxyl groups is 4. The number of halogens is 1. The molecule has 2 saturated heterocycles. The van der Waals surface area contributed by atoms with Crippen LogP contribution in [0, 0.1) is 0 Å². The largest absolute Gasteiger partial charge is 0.467 e. The quantitative estimate of drug-likeness (QED) is 0.249. The topological polar surface area (TPSA) is 185 Å². The van der Waals surface area contributed by atoms with Crippen LogP contribution in [0.4, 0.5) is 5.95 Å². The lowest BCUT2D eigenvalue weighted by atomic mass is 9.99. The van der Waals surface area contributed by atoms with Gasteiger partial charge in [0.1, 0.15) is 35.9 Å². The highest BCUT2D eigenvalue weighted by Crippen LogP contribution is 2.41. The van der Waals surface area contributed by atoms with Crippen molar-refractivity contribution in [1.82, 2.24) is 19.9 Å². The Morgan fingerprint density at radius 3 is 2.54 bits per heavy atom. The normalized spacial score (nSPS) is 26.3. The molecular weight excluding hydrogens is 558 g/mol. The summed E-state index contributed by atoms with van der Waals surface area (Å²) in [4.78, 5) is 17.9. The summed E-state index contributed by atoms with van der Waals surface area (Å²) in [6.45, 7) is 1.77. The van der Waals surface area contributed by atoms with Crippen molar-refractivity contribution >= 4 is 32.8 Å². The van der Waals surface area contributed by atoms with Crippen LogP contribution in [-0.2, 0) is 9.47 Å². The molecule has 0 amide bonds. The van der Waals surface area contributed by atoms with Gasteiger partial charge in [0.15, 0.2) is 0 Å². The van der Waals surface area contributed by atoms with E-state index in [1.54, 1.807) is 18.3 Å². The van der Waals surface area contributed by atoms with Gasteiger partial charge < -0.3 is 54.0 Å². The Morgan fingerprint density at radius 2 is 1.81 bits per heavy atom. The molecule has 0 radical (unpaired) electrons. The molecule has 14 nitrogen and oxygen atoms in total. The third-order valence-corrected chi connectivity index (χ3v) is 6.85. The minimum atomic E-state index is -1.57. The van der Waals surface area contributed by atoms with Crippen molar-refractivity contribution in [1.29, 1.82) is 0 Å². The molecule has 5 N–H and O–H groups in total. The summed E-state index contributed by atoms with van der Waals surface area (Å²) in [5, 5.41) is 40.5. The van der Waals surface area contributed by atoms with Crippen LogP contribution in [0.2, 0.25) is 0 Å². The van der Waals surface area contributed by atoms with Gasteiger partial charge in [0.2, 0.25) is 12.2 Å². The minimum Gasteiger partial charge on any atom is -0.467 e. The molecule has 2 aliphatic heterocycles. The first-order valence-electron chi connectivity index (χ1n) is 11.5. The predicted octanol–water partition coefficient (Wildman–Crippen LogP) is -0.0684. The van der Waals surface area contributed by atoms with E-state index in [-0.39, 0.29) is 17.8 Å². The molecule has 2 aliphatic rings. The van der Waals surface area contributed by atoms with Gasteiger partial charge in [-0.25, -0.2) is 0 Å². The number of methoxy groups -OCH3 is 1. The molecule has 200 valence electrons. The minimum absolute atomic E-state index is 0.0142. The molecule has 0 aliphatic carbocycles. The molecule has 5 rings (SSSR count). The molecule has 1 aromatic carbocycles. The van der Waals surface area contributed by atoms with E-state index >= 15 is 0 Å². The highest BCUT2D eigenvalue weighted by atomic mass is 79.9. The Kier molecular flexibility index (Phi) is 7.62. The number of hydrogen-bond donors (Lipinski definition) is 5. The second-order valence-corrected chi connectivity index (χ2v) is 9.17. The summed E-state index contributed by atoms with van der Waals surface area (Å²) >= 11 is 3.54. The smallest absolute Gasteiger partial charge is 0.330 e. The Labute approximate surface area is 218 Å². The Bertz CT molecular complexity index is 1240. The molecule has 0 spiro atoms. The Morgan fingerprint density at radius 1 is 1.05 bits per heavy atom. The monoisotopic (exact) mass is 583 g/mol. The van der Waals surface area contributed by atoms with Crippen LogP contribution in [0.15, 0.2) is 22.8 Å². The number of aromatic amines is 1. The van der Waals surface area contributed by atoms with Gasteiger partial charge in [-0.3, -0.25) is 0 Å². The molecule has 0 saturated carbocycles. The van der Waals surface area contributed by atoms with E-state index in [0.717, 1.165) is 0 Å². The first-order chi connectivity index (χ1) is 17.9. The number of hydrogen-bond acceptors (Lipinski definition) is 13. The molecular formula is C22H26BrN5O9. The summed E-state index contributed by atoms with van der Waals surface area (Å²) in [5.74, 6) is 1.02. The fourth-order valence-electron chi connectivity index (χ4n) is 4.06. The van der Waals surface area contributed by atoms with Crippen molar-refractivity contribution in [2.75, 3.05) is 44.9 Å². The van der Waals surface area contributed by atoms with E-state index in [1.165, 1.54) is 7.11 Å². The number of rotatable bonds is 7. The van der Waals surface area contributed by atoms with Gasteiger partial charge in [-0.05, 0) is 28.1 Å². The molecule has 2 aromatic heterocycles. The molecule has 2 fully saturated rings. The average Bonchev–Trinajstić information content (AvgIpc) is 3.34. The maximum Gasteiger partial charge on any atom is 0.330 e. The van der Waals surface area contributed by atoms with Crippen LogP contribution in [0.5, 0.6) is 23.5 Å². The van der Waals surface area contributed by atoms with Gasteiger partial charge in [0.25, 0.3) is 0 Å². The average molecular weight is 584 g/mol. The zero-order valence-electron chi connectivity index (χ0n) is 19.7. The van der Waals surface area contributed by atoms with Crippen molar-refractivity contribution in [3.05, 3.63) is 22.8 Å². The van der Waals surface area contributed by atoms with Crippen molar-refractivity contribution in [2.24, 2.45) is 0 Å². The summed E-state index contributed by atoms with van der Waals surface area (Å²) in [7, 11) is 1.45. The number of benzene rings is 1. The fourth-order valence-corrected chi connectivity index (χ4v) is 4.69. The summed E-state index contributed by atoms with van der Waals surface area (Å²) < 4.78 is 28.4. The number of fused-ring (bicyclic) bond motifs is 1. The van der Waals surface area contributed by atoms with Crippen LogP contribution in [0.25, 0.3) is 10.9 Å². The second-order valence-electron chi connectivity index (χ2n) is 8.37. The number of nitrogens with zero attached hydrogens (tertiary/aromatic N) is 4. The molecule has 0 unspecified atom stereocenters. The summed E-state index contributed by atoms with van der Waals surface area (Å²) in [6, 6.07) is 3.56. The third-order valence-electron chi connectivity index (χ3n) is 6.06. The van der Waals surface area contributed by atoms with Crippen molar-refractivity contribution < 1.29 is 44.1 Å². The van der Waals surface area contributed by atoms with Crippen LogP contribution in [0.1, 0.15) is 0 Å². The van der Waals surface area contributed by atoms with Gasteiger partial charge in [0.05, 0.1) is 42.3 Å². The number of nitrogens with one attached hydrogen (secondary N) is 1. The highest BCUT2D eigenvalue weighted by Gasteiger charge is 2.45. The van der Waals surface area contributed by atoms with Crippen LogP contribution >= 0.6 is 15.9 Å². The number of aliphatic hydroxyl groups excluding tert-OH is 4. The van der Waals surface area contributed by atoms with Gasteiger partial charge in [-0.2, -0.15) is 9.97 Å². The van der Waals surface area contributed by atoms with Gasteiger partial charge >= 0.3 is 12.0 Å². The number of ether oxygens (including phenoxy) is 5. The van der Waals surface area contributed by atoms with Crippen molar-refractivity contribution in [3.63, 3.8) is 0 Å². The van der Waals surface area contributed by atoms with Gasteiger partial charge in [0, 0.05) is 19.3 Å². The van der Waals surface area contributed by atoms with E-state index in [4.69, 9.17) is 23.7 Å². The summed E-state index contributed by atoms with van der Waals surface area (Å²) in [5.41, 5.74) is 0.668. The maximum absolute atomic E-state index is 10.4. The lowest BCUT2D eigenvalue weighted by Crippen LogP contribution is -2.60.